The molecule has 2 N–H and O–H groups in total. The van der Waals surface area contributed by atoms with Crippen LogP contribution in [0.2, 0.25) is 0 Å². The first-order valence-electron chi connectivity index (χ1n) is 7.88. The van der Waals surface area contributed by atoms with Crippen molar-refractivity contribution in [1.82, 2.24) is 15.1 Å². The van der Waals surface area contributed by atoms with Gasteiger partial charge in [0, 0.05) is 13.6 Å². The fourth-order valence-corrected chi connectivity index (χ4v) is 3.28. The predicted octanol–water partition coefficient (Wildman–Crippen LogP) is 0.420. The van der Waals surface area contributed by atoms with Crippen molar-refractivity contribution in [3.05, 3.63) is 0 Å². The first-order valence-corrected chi connectivity index (χ1v) is 7.88. The lowest BCUT2D eigenvalue weighted by molar-refractivity contribution is -0.141. The van der Waals surface area contributed by atoms with Crippen LogP contribution in [0.4, 0.5) is 4.79 Å². The molecule has 1 aliphatic heterocycles. The highest BCUT2D eigenvalue weighted by Crippen LogP contribution is 2.38. The van der Waals surface area contributed by atoms with E-state index in [1.54, 1.807) is 0 Å². The second-order valence-corrected chi connectivity index (χ2v) is 6.40. The number of nitrogens with zero attached hydrogens (tertiary/aromatic N) is 2. The van der Waals surface area contributed by atoms with Gasteiger partial charge in [0.15, 0.2) is 0 Å². The minimum atomic E-state index is -1.00. The summed E-state index contributed by atoms with van der Waals surface area (Å²) in [5.41, 5.74) is -0.880. The maximum absolute atomic E-state index is 12.7. The van der Waals surface area contributed by atoms with Crippen molar-refractivity contribution in [3.63, 3.8) is 0 Å². The number of carbonyl (C=O) groups excluding carboxylic acids is 3. The highest BCUT2D eigenvalue weighted by Gasteiger charge is 2.55. The first kappa shape index (κ1) is 17.2. The average molecular weight is 325 g/mol. The van der Waals surface area contributed by atoms with Crippen LogP contribution in [0.15, 0.2) is 0 Å². The van der Waals surface area contributed by atoms with Gasteiger partial charge in [0.2, 0.25) is 5.91 Å². The number of hydrogen-bond acceptors (Lipinski definition) is 4. The first-order chi connectivity index (χ1) is 10.8. The van der Waals surface area contributed by atoms with Gasteiger partial charge in [-0.15, -0.1) is 0 Å². The molecule has 1 saturated carbocycles. The van der Waals surface area contributed by atoms with Crippen molar-refractivity contribution in [1.29, 1.82) is 0 Å². The van der Waals surface area contributed by atoms with Gasteiger partial charge in [-0.05, 0) is 18.8 Å². The topological polar surface area (TPSA) is 107 Å². The molecule has 0 aromatic rings. The Bertz CT molecular complexity index is 535. The summed E-state index contributed by atoms with van der Waals surface area (Å²) in [6.07, 6.45) is 3.19. The van der Waals surface area contributed by atoms with E-state index in [9.17, 15) is 19.2 Å². The van der Waals surface area contributed by atoms with E-state index >= 15 is 0 Å². The molecule has 1 heterocycles. The van der Waals surface area contributed by atoms with Gasteiger partial charge in [0.1, 0.15) is 12.1 Å². The van der Waals surface area contributed by atoms with Gasteiger partial charge in [-0.3, -0.25) is 19.3 Å². The summed E-state index contributed by atoms with van der Waals surface area (Å²) < 4.78 is 0. The maximum atomic E-state index is 12.7. The Morgan fingerprint density at radius 2 is 2.09 bits per heavy atom. The highest BCUT2D eigenvalue weighted by molar-refractivity contribution is 6.09. The van der Waals surface area contributed by atoms with Crippen molar-refractivity contribution in [2.24, 2.45) is 5.92 Å². The quantitative estimate of drug-likeness (QED) is 0.712. The third-order valence-corrected chi connectivity index (χ3v) is 4.88. The fourth-order valence-electron chi connectivity index (χ4n) is 3.28. The molecule has 23 heavy (non-hydrogen) atoms. The molecular weight excluding hydrogens is 302 g/mol. The molecule has 0 aromatic heterocycles. The number of aliphatic carboxylic acids is 1. The van der Waals surface area contributed by atoms with E-state index in [0.717, 1.165) is 24.2 Å². The molecule has 1 aliphatic carbocycles. The molecule has 8 nitrogen and oxygen atoms in total. The Balaban J connectivity index is 2.03. The van der Waals surface area contributed by atoms with Crippen LogP contribution in [-0.2, 0) is 14.4 Å². The maximum Gasteiger partial charge on any atom is 0.325 e. The van der Waals surface area contributed by atoms with E-state index in [-0.39, 0.29) is 31.3 Å². The SMILES string of the molecule is CC1CCCCC12NC(=O)N(CC(=O)N(C)CCC(=O)O)C2=O. The smallest absolute Gasteiger partial charge is 0.325 e. The molecule has 2 unspecified atom stereocenters. The zero-order chi connectivity index (χ0) is 17.2. The van der Waals surface area contributed by atoms with Crippen molar-refractivity contribution < 1.29 is 24.3 Å². The molecule has 8 heteroatoms. The van der Waals surface area contributed by atoms with E-state index in [2.05, 4.69) is 5.32 Å². The molecule has 2 atom stereocenters. The lowest BCUT2D eigenvalue weighted by Gasteiger charge is -2.36. The van der Waals surface area contributed by atoms with E-state index in [4.69, 9.17) is 5.11 Å². The molecule has 1 saturated heterocycles. The minimum absolute atomic E-state index is 0.0394. The molecule has 1 spiro atoms. The highest BCUT2D eigenvalue weighted by atomic mass is 16.4. The molecule has 2 rings (SSSR count). The molecule has 0 bridgehead atoms. The average Bonchev–Trinajstić information content (AvgIpc) is 2.73. The Kier molecular flexibility index (Phi) is 4.91. The number of carboxylic acids is 1. The number of rotatable bonds is 5. The third kappa shape index (κ3) is 3.30. The second-order valence-electron chi connectivity index (χ2n) is 6.40. The summed E-state index contributed by atoms with van der Waals surface area (Å²) in [5, 5.41) is 11.4. The van der Waals surface area contributed by atoms with Crippen LogP contribution in [0.25, 0.3) is 0 Å². The molecule has 0 aromatic carbocycles. The number of carbonyl (C=O) groups is 4. The molecular formula is C15H23N3O5. The molecule has 128 valence electrons. The normalized spacial score (nSPS) is 27.2. The van der Waals surface area contributed by atoms with Crippen LogP contribution in [0.1, 0.15) is 39.0 Å². The summed E-state index contributed by atoms with van der Waals surface area (Å²) in [6, 6.07) is -0.538. The Labute approximate surface area is 134 Å². The van der Waals surface area contributed by atoms with Crippen molar-refractivity contribution in [2.75, 3.05) is 20.1 Å². The predicted molar refractivity (Wildman–Crippen MR) is 80.5 cm³/mol. The molecule has 0 radical (unpaired) electrons. The largest absolute Gasteiger partial charge is 0.481 e. The zero-order valence-electron chi connectivity index (χ0n) is 13.5. The van der Waals surface area contributed by atoms with E-state index in [0.29, 0.717) is 6.42 Å². The van der Waals surface area contributed by atoms with Crippen LogP contribution < -0.4 is 5.32 Å². The van der Waals surface area contributed by atoms with Gasteiger partial charge in [-0.2, -0.15) is 0 Å². The second kappa shape index (κ2) is 6.55. The van der Waals surface area contributed by atoms with Crippen LogP contribution in [0.5, 0.6) is 0 Å². The van der Waals surface area contributed by atoms with Gasteiger partial charge in [0.25, 0.3) is 5.91 Å². The fraction of sp³-hybridized carbons (Fsp3) is 0.733. The lowest BCUT2D eigenvalue weighted by atomic mass is 9.73. The van der Waals surface area contributed by atoms with Gasteiger partial charge in [-0.1, -0.05) is 19.8 Å². The van der Waals surface area contributed by atoms with Gasteiger partial charge >= 0.3 is 12.0 Å². The van der Waals surface area contributed by atoms with Crippen LogP contribution >= 0.6 is 0 Å². The number of urea groups is 1. The molecule has 2 fully saturated rings. The lowest BCUT2D eigenvalue weighted by Crippen LogP contribution is -2.54. The third-order valence-electron chi connectivity index (χ3n) is 4.88. The number of imide groups is 1. The number of nitrogens with one attached hydrogen (secondary N) is 1. The standard InChI is InChI=1S/C15H23N3O5/c1-10-5-3-4-7-15(10)13(22)18(14(23)16-15)9-11(19)17(2)8-6-12(20)21/h10H,3-9H2,1-2H3,(H,16,23)(H,20,21). The Morgan fingerprint density at radius 3 is 2.70 bits per heavy atom. The van der Waals surface area contributed by atoms with Crippen molar-refractivity contribution in [2.45, 2.75) is 44.6 Å². The van der Waals surface area contributed by atoms with Gasteiger partial charge in [0.05, 0.1) is 6.42 Å². The summed E-state index contributed by atoms with van der Waals surface area (Å²) >= 11 is 0. The Hall–Kier alpha value is -2.12. The number of amides is 4. The van der Waals surface area contributed by atoms with Crippen LogP contribution in [0, 0.1) is 5.92 Å². The Morgan fingerprint density at radius 1 is 1.39 bits per heavy atom. The summed E-state index contributed by atoms with van der Waals surface area (Å²) in [5.74, 6) is -1.75. The van der Waals surface area contributed by atoms with Crippen molar-refractivity contribution >= 4 is 23.8 Å². The zero-order valence-corrected chi connectivity index (χ0v) is 13.5. The number of hydrogen-bond donors (Lipinski definition) is 2. The number of carboxylic acid groups (broad SMARTS) is 1. The van der Waals surface area contributed by atoms with Gasteiger partial charge < -0.3 is 15.3 Å². The number of likely N-dealkylation sites (N-methyl/N-ethyl adjacent to an activating group) is 1. The van der Waals surface area contributed by atoms with E-state index in [1.807, 2.05) is 6.92 Å². The van der Waals surface area contributed by atoms with Crippen molar-refractivity contribution in [3.8, 4) is 0 Å². The molecule has 4 amide bonds. The summed E-state index contributed by atoms with van der Waals surface area (Å²) in [6.45, 7) is 1.64. The van der Waals surface area contributed by atoms with E-state index < -0.39 is 23.4 Å². The monoisotopic (exact) mass is 325 g/mol. The summed E-state index contributed by atoms with van der Waals surface area (Å²) in [7, 11) is 1.46. The van der Waals surface area contributed by atoms with Crippen LogP contribution in [0.3, 0.4) is 0 Å². The molecule has 2 aliphatic rings. The minimum Gasteiger partial charge on any atom is -0.481 e. The van der Waals surface area contributed by atoms with Crippen LogP contribution in [-0.4, -0.2) is 64.4 Å². The van der Waals surface area contributed by atoms with E-state index in [1.165, 1.54) is 11.9 Å². The van der Waals surface area contributed by atoms with Gasteiger partial charge in [-0.25, -0.2) is 4.79 Å². The summed E-state index contributed by atoms with van der Waals surface area (Å²) in [4.78, 5) is 49.7.